The van der Waals surface area contributed by atoms with Crippen LogP contribution in [-0.2, 0) is 9.22 Å². The molecule has 0 aliphatic carbocycles. The van der Waals surface area contributed by atoms with Crippen molar-refractivity contribution in [2.75, 3.05) is 0 Å². The van der Waals surface area contributed by atoms with Gasteiger partial charge in [0.15, 0.2) is 8.32 Å². The number of ketones is 1. The lowest BCUT2D eigenvalue weighted by Crippen LogP contribution is -2.48. The van der Waals surface area contributed by atoms with Gasteiger partial charge in [-0.05, 0) is 57.0 Å². The number of hydrogen-bond acceptors (Lipinski definition) is 3. The number of carbonyl (C=O) groups excluding carboxylic acids is 1. The summed E-state index contributed by atoms with van der Waals surface area (Å²) in [5.74, 6) is 0.142. The molecule has 0 radical (unpaired) electrons. The Morgan fingerprint density at radius 1 is 1.07 bits per heavy atom. The fourth-order valence-corrected chi connectivity index (χ4v) is 4.11. The van der Waals surface area contributed by atoms with Crippen molar-refractivity contribution in [2.45, 2.75) is 86.5 Å². The van der Waals surface area contributed by atoms with Gasteiger partial charge >= 0.3 is 0 Å². The monoisotopic (exact) mass is 415 g/mol. The smallest absolute Gasteiger partial charge is 0.192 e. The molecule has 3 atom stereocenters. The van der Waals surface area contributed by atoms with E-state index in [0.29, 0.717) is 0 Å². The molecule has 0 aromatic carbocycles. The van der Waals surface area contributed by atoms with Crippen LogP contribution in [0.15, 0.2) is 47.1 Å². The van der Waals surface area contributed by atoms with E-state index in [1.165, 1.54) is 11.6 Å². The Morgan fingerprint density at radius 2 is 1.62 bits per heavy atom. The normalized spacial score (nSPS) is 17.8. The maximum atomic E-state index is 12.2. The molecule has 3 nitrogen and oxygen atoms in total. The van der Waals surface area contributed by atoms with E-state index < -0.39 is 8.32 Å². The summed E-state index contributed by atoms with van der Waals surface area (Å²) in [6.45, 7) is 23.0. The molecule has 162 valence electrons. The molecule has 0 amide bonds. The summed E-state index contributed by atoms with van der Waals surface area (Å²) >= 11 is 0. The molecule has 0 unspecified atom stereocenters. The molecule has 0 aromatic rings. The van der Waals surface area contributed by atoms with Gasteiger partial charge in [-0.1, -0.05) is 64.5 Å². The van der Waals surface area contributed by atoms with Crippen molar-refractivity contribution >= 4 is 14.1 Å². The highest BCUT2D eigenvalue weighted by Gasteiger charge is 2.41. The summed E-state index contributed by atoms with van der Waals surface area (Å²) in [6, 6.07) is 2.03. The first-order valence-corrected chi connectivity index (χ1v) is 13.3. The lowest BCUT2D eigenvalue weighted by Gasteiger charge is -2.42. The first-order chi connectivity index (χ1) is 13.1. The molecule has 0 aliphatic heterocycles. The van der Waals surface area contributed by atoms with Crippen molar-refractivity contribution in [3.05, 3.63) is 47.1 Å². The topological polar surface area (TPSA) is 50.1 Å². The fraction of sp³-hybridized carbons (Fsp3) is 0.600. The minimum atomic E-state index is -2.00. The van der Waals surface area contributed by atoms with E-state index in [9.17, 15) is 4.79 Å². The number of nitriles is 1. The van der Waals surface area contributed by atoms with Crippen LogP contribution in [0.4, 0.5) is 0 Å². The Labute approximate surface area is 180 Å². The molecule has 0 bridgehead atoms. The zero-order valence-corrected chi connectivity index (χ0v) is 21.4. The van der Waals surface area contributed by atoms with Gasteiger partial charge in [0.2, 0.25) is 0 Å². The van der Waals surface area contributed by atoms with Crippen LogP contribution in [0.1, 0.15) is 62.3 Å². The molecule has 0 aromatic heterocycles. The molecular weight excluding hydrogens is 374 g/mol. The largest absolute Gasteiger partial charge is 0.413 e. The number of carbonyl (C=O) groups is 1. The van der Waals surface area contributed by atoms with Crippen LogP contribution < -0.4 is 0 Å². The van der Waals surface area contributed by atoms with Gasteiger partial charge in [0.05, 0.1) is 12.2 Å². The lowest BCUT2D eigenvalue weighted by atomic mass is 9.89. The molecule has 0 heterocycles. The van der Waals surface area contributed by atoms with Crippen LogP contribution in [0.2, 0.25) is 18.1 Å². The third-order valence-electron chi connectivity index (χ3n) is 6.02. The maximum Gasteiger partial charge on any atom is 0.192 e. The third kappa shape index (κ3) is 9.10. The highest BCUT2D eigenvalue weighted by atomic mass is 28.4. The minimum absolute atomic E-state index is 0.0929. The highest BCUT2D eigenvalue weighted by molar-refractivity contribution is 6.74. The van der Waals surface area contributed by atoms with E-state index in [1.807, 2.05) is 38.1 Å². The first kappa shape index (κ1) is 27.3. The average Bonchev–Trinajstić information content (AvgIpc) is 2.57. The van der Waals surface area contributed by atoms with E-state index in [-0.39, 0.29) is 28.8 Å². The second-order valence-electron chi connectivity index (χ2n) is 9.68. The van der Waals surface area contributed by atoms with Crippen LogP contribution >= 0.6 is 0 Å². The molecule has 4 heteroatoms. The molecular formula is C25H41NO2Si. The molecule has 29 heavy (non-hydrogen) atoms. The van der Waals surface area contributed by atoms with Crippen LogP contribution in [0, 0.1) is 23.2 Å². The molecule has 0 spiro atoms. The second-order valence-corrected chi connectivity index (χ2v) is 14.4. The zero-order chi connectivity index (χ0) is 23.0. The molecule has 0 saturated carbocycles. The van der Waals surface area contributed by atoms with E-state index in [2.05, 4.69) is 60.7 Å². The molecule has 0 aliphatic rings. The van der Waals surface area contributed by atoms with Gasteiger partial charge in [0.25, 0.3) is 0 Å². The summed E-state index contributed by atoms with van der Waals surface area (Å²) in [5.41, 5.74) is 3.24. The summed E-state index contributed by atoms with van der Waals surface area (Å²) in [7, 11) is -2.00. The predicted molar refractivity (Wildman–Crippen MR) is 127 cm³/mol. The van der Waals surface area contributed by atoms with Crippen molar-refractivity contribution in [2.24, 2.45) is 11.8 Å². The van der Waals surface area contributed by atoms with E-state index >= 15 is 0 Å². The first-order valence-electron chi connectivity index (χ1n) is 10.4. The number of rotatable bonds is 9. The van der Waals surface area contributed by atoms with Crippen molar-refractivity contribution in [1.29, 1.82) is 5.26 Å². The molecule has 0 rings (SSSR count). The molecule has 0 N–H and O–H groups in total. The lowest BCUT2D eigenvalue weighted by molar-refractivity contribution is -0.123. The number of nitrogens with zero attached hydrogens (tertiary/aromatic N) is 1. The summed E-state index contributed by atoms with van der Waals surface area (Å²) in [4.78, 5) is 12.2. The predicted octanol–water partition coefficient (Wildman–Crippen LogP) is 7.16. The van der Waals surface area contributed by atoms with Crippen molar-refractivity contribution in [3.63, 3.8) is 0 Å². The second kappa shape index (κ2) is 11.5. The van der Waals surface area contributed by atoms with E-state index in [4.69, 9.17) is 9.69 Å². The number of Topliss-reactive ketones (excluding diaryl/α,β-unsaturated/α-hetero) is 1. The Bertz CT molecular complexity index is 727. The summed E-state index contributed by atoms with van der Waals surface area (Å²) in [5, 5.41) is 8.77. The third-order valence-corrected chi connectivity index (χ3v) is 10.5. The van der Waals surface area contributed by atoms with Crippen LogP contribution in [0.25, 0.3) is 0 Å². The minimum Gasteiger partial charge on any atom is -0.413 e. The van der Waals surface area contributed by atoms with Gasteiger partial charge in [-0.15, -0.1) is 0 Å². The number of hydrogen-bond donors (Lipinski definition) is 0. The quantitative estimate of drug-likeness (QED) is 0.228. The van der Waals surface area contributed by atoms with Crippen molar-refractivity contribution in [1.82, 2.24) is 0 Å². The number of allylic oxidation sites excluding steroid dienone is 7. The van der Waals surface area contributed by atoms with Crippen molar-refractivity contribution < 1.29 is 9.22 Å². The summed E-state index contributed by atoms with van der Waals surface area (Å²) < 4.78 is 6.71. The Hall–Kier alpha value is -1.70. The van der Waals surface area contributed by atoms with Gasteiger partial charge in [-0.2, -0.15) is 5.26 Å². The Balaban J connectivity index is 5.69. The SMILES string of the molecule is CC(=O)[C@@H](C)[C@@H](O[Si](C)(C)C(C)(C)C)[C@@H](C)/C=C(C)/C(C)=C/C=C/C(C)=C\C#N. The molecule has 0 fully saturated rings. The van der Waals surface area contributed by atoms with Crippen molar-refractivity contribution in [3.8, 4) is 6.07 Å². The molecule has 0 saturated heterocycles. The van der Waals surface area contributed by atoms with Gasteiger partial charge in [-0.25, -0.2) is 0 Å². The van der Waals surface area contributed by atoms with Crippen LogP contribution in [-0.4, -0.2) is 20.2 Å². The average molecular weight is 416 g/mol. The van der Waals surface area contributed by atoms with Gasteiger partial charge in [0.1, 0.15) is 5.78 Å². The van der Waals surface area contributed by atoms with Gasteiger partial charge in [0, 0.05) is 17.9 Å². The van der Waals surface area contributed by atoms with Gasteiger partial charge < -0.3 is 4.43 Å². The maximum absolute atomic E-state index is 12.2. The van der Waals surface area contributed by atoms with E-state index in [1.54, 1.807) is 6.92 Å². The highest BCUT2D eigenvalue weighted by Crippen LogP contribution is 2.39. The Morgan fingerprint density at radius 3 is 2.07 bits per heavy atom. The zero-order valence-electron chi connectivity index (χ0n) is 20.4. The van der Waals surface area contributed by atoms with E-state index in [0.717, 1.165) is 11.1 Å². The standard InChI is InChI=1S/C25H41NO2Si/c1-18(15-16-26)13-12-14-19(2)20(3)17-21(4)24(22(5)23(6)27)28-29(10,11)25(7,8)9/h12-15,17,21-22,24H,1-11H3/b13-12+,18-15-,19-14+,20-17+/t21-,22+,24-/m0/s1. The van der Waals surface area contributed by atoms with Crippen LogP contribution in [0.3, 0.4) is 0 Å². The summed E-state index contributed by atoms with van der Waals surface area (Å²) in [6.07, 6.45) is 9.54. The Kier molecular flexibility index (Phi) is 10.8. The fourth-order valence-electron chi connectivity index (χ4n) is 2.66. The van der Waals surface area contributed by atoms with Crippen LogP contribution in [0.5, 0.6) is 0 Å². The van der Waals surface area contributed by atoms with Gasteiger partial charge in [-0.3, -0.25) is 4.79 Å².